The molecule has 1 aliphatic carbocycles. The molecule has 2 fully saturated rings. The number of nitrogens with one attached hydrogen (secondary N) is 1. The molecule has 2 heterocycles. The lowest BCUT2D eigenvalue weighted by Gasteiger charge is -2.56. The van der Waals surface area contributed by atoms with Gasteiger partial charge in [-0.3, -0.25) is 4.84 Å². The molecule has 1 N–H and O–H groups in total. The molecule has 30 heavy (non-hydrogen) atoms. The van der Waals surface area contributed by atoms with Crippen LogP contribution in [0.25, 0.3) is 0 Å². The van der Waals surface area contributed by atoms with Crippen molar-refractivity contribution in [1.29, 1.82) is 0 Å². The summed E-state index contributed by atoms with van der Waals surface area (Å²) in [4.78, 5) is 19.0. The molecule has 6 nitrogen and oxygen atoms in total. The zero-order valence-corrected chi connectivity index (χ0v) is 20.6. The summed E-state index contributed by atoms with van der Waals surface area (Å²) in [5, 5.41) is 6.05. The van der Waals surface area contributed by atoms with Crippen LogP contribution in [0.2, 0.25) is 10.6 Å². The molecule has 8 heteroatoms. The molecule has 1 aliphatic heterocycles. The number of hydroxylamine groups is 2. The third-order valence-electron chi connectivity index (χ3n) is 6.49. The van der Waals surface area contributed by atoms with E-state index in [0.29, 0.717) is 18.0 Å². The number of aromatic nitrogens is 3. The van der Waals surface area contributed by atoms with Gasteiger partial charge in [0.15, 0.2) is 0 Å². The first-order valence-electron chi connectivity index (χ1n) is 11.4. The summed E-state index contributed by atoms with van der Waals surface area (Å²) in [6.45, 7) is 11.4. The van der Waals surface area contributed by atoms with E-state index in [9.17, 15) is 0 Å². The van der Waals surface area contributed by atoms with Crippen LogP contribution in [0.5, 0.6) is 0 Å². The molecule has 1 unspecified atom stereocenters. The Morgan fingerprint density at radius 2 is 1.57 bits per heavy atom. The molecule has 0 amide bonds. The molecule has 0 aromatic carbocycles. The van der Waals surface area contributed by atoms with Crippen LogP contribution in [-0.4, -0.2) is 43.2 Å². The van der Waals surface area contributed by atoms with Gasteiger partial charge in [0.25, 0.3) is 0 Å². The minimum Gasteiger partial charge on any atom is -0.351 e. The Kier molecular flexibility index (Phi) is 7.86. The molecule has 2 aliphatic rings. The van der Waals surface area contributed by atoms with Gasteiger partial charge in [0, 0.05) is 17.1 Å². The van der Waals surface area contributed by atoms with Crippen LogP contribution in [0.1, 0.15) is 92.4 Å². The highest BCUT2D eigenvalue weighted by Crippen LogP contribution is 2.45. The number of piperidine rings is 1. The normalized spacial score (nSPS) is 24.0. The van der Waals surface area contributed by atoms with Gasteiger partial charge in [-0.2, -0.15) is 20.0 Å². The van der Waals surface area contributed by atoms with Crippen molar-refractivity contribution < 1.29 is 4.84 Å². The van der Waals surface area contributed by atoms with Gasteiger partial charge in [-0.25, -0.2) is 0 Å². The third-order valence-corrected chi connectivity index (χ3v) is 6.83. The van der Waals surface area contributed by atoms with Crippen molar-refractivity contribution in [2.75, 3.05) is 5.32 Å². The van der Waals surface area contributed by atoms with Gasteiger partial charge in [0.2, 0.25) is 16.5 Å². The standard InChI is InChI=1S/C22H37Cl2N5O/c1-6-10-17(25-20-27-18(23)26-19(24)28-20)15-13-21(2,3)29(22(4,5)14-15)30-16-11-8-7-9-12-16/h15-17H,6-14H2,1-5H3,(H,25,26,27,28). The van der Waals surface area contributed by atoms with Crippen LogP contribution in [0.4, 0.5) is 5.95 Å². The summed E-state index contributed by atoms with van der Waals surface area (Å²) >= 11 is 12.0. The topological polar surface area (TPSA) is 63.2 Å². The lowest BCUT2D eigenvalue weighted by Crippen LogP contribution is -2.63. The molecular formula is C22H37Cl2N5O. The first kappa shape index (κ1) is 24.0. The Morgan fingerprint density at radius 1 is 1.00 bits per heavy atom. The second-order valence-corrected chi connectivity index (χ2v) is 10.9. The Balaban J connectivity index is 1.76. The van der Waals surface area contributed by atoms with E-state index in [4.69, 9.17) is 28.0 Å². The maximum Gasteiger partial charge on any atom is 0.228 e. The Labute approximate surface area is 191 Å². The quantitative estimate of drug-likeness (QED) is 0.518. The van der Waals surface area contributed by atoms with Crippen LogP contribution >= 0.6 is 23.2 Å². The Morgan fingerprint density at radius 3 is 2.10 bits per heavy atom. The zero-order valence-electron chi connectivity index (χ0n) is 19.0. The number of rotatable bonds is 7. The molecule has 3 rings (SSSR count). The smallest absolute Gasteiger partial charge is 0.228 e. The largest absolute Gasteiger partial charge is 0.351 e. The molecule has 170 valence electrons. The van der Waals surface area contributed by atoms with Gasteiger partial charge in [-0.15, -0.1) is 0 Å². The monoisotopic (exact) mass is 457 g/mol. The lowest BCUT2D eigenvalue weighted by molar-refractivity contribution is -0.314. The van der Waals surface area contributed by atoms with Crippen LogP contribution in [0, 0.1) is 5.92 Å². The van der Waals surface area contributed by atoms with Crippen molar-refractivity contribution in [2.24, 2.45) is 5.92 Å². The molecule has 0 spiro atoms. The summed E-state index contributed by atoms with van der Waals surface area (Å²) in [7, 11) is 0. The fourth-order valence-corrected chi connectivity index (χ4v) is 5.89. The first-order valence-corrected chi connectivity index (χ1v) is 12.2. The van der Waals surface area contributed by atoms with Crippen LogP contribution in [0.3, 0.4) is 0 Å². The summed E-state index contributed by atoms with van der Waals surface area (Å²) in [6.07, 6.45) is 10.8. The third kappa shape index (κ3) is 5.96. The Hall–Kier alpha value is -0.690. The highest BCUT2D eigenvalue weighted by atomic mass is 35.5. The van der Waals surface area contributed by atoms with Gasteiger partial charge in [0.05, 0.1) is 6.10 Å². The molecule has 0 radical (unpaired) electrons. The fourth-order valence-electron chi connectivity index (χ4n) is 5.52. The number of hydrogen-bond donors (Lipinski definition) is 1. The van der Waals surface area contributed by atoms with Gasteiger partial charge in [0.1, 0.15) is 0 Å². The lowest BCUT2D eigenvalue weighted by atomic mass is 9.71. The van der Waals surface area contributed by atoms with E-state index in [-0.39, 0.29) is 27.7 Å². The van der Waals surface area contributed by atoms with Crippen molar-refractivity contribution in [2.45, 2.75) is 116 Å². The molecule has 1 saturated heterocycles. The summed E-state index contributed by atoms with van der Waals surface area (Å²) < 4.78 is 0. The maximum absolute atomic E-state index is 6.65. The van der Waals surface area contributed by atoms with Gasteiger partial charge >= 0.3 is 0 Å². The predicted octanol–water partition coefficient (Wildman–Crippen LogP) is 6.29. The zero-order chi connectivity index (χ0) is 21.9. The summed E-state index contributed by atoms with van der Waals surface area (Å²) in [5.41, 5.74) is -0.127. The van der Waals surface area contributed by atoms with E-state index in [1.807, 2.05) is 0 Å². The van der Waals surface area contributed by atoms with Crippen molar-refractivity contribution >= 4 is 29.2 Å². The summed E-state index contributed by atoms with van der Waals surface area (Å²) in [6, 6.07) is 0.236. The van der Waals surface area contributed by atoms with E-state index in [0.717, 1.165) is 25.7 Å². The molecule has 1 aromatic rings. The molecule has 1 atom stereocenters. The number of hydrogen-bond acceptors (Lipinski definition) is 6. The van der Waals surface area contributed by atoms with E-state index in [1.54, 1.807) is 0 Å². The van der Waals surface area contributed by atoms with E-state index in [2.05, 4.69) is 60.0 Å². The Bertz CT molecular complexity index is 671. The minimum atomic E-state index is -0.0636. The number of anilines is 1. The van der Waals surface area contributed by atoms with Crippen molar-refractivity contribution in [3.63, 3.8) is 0 Å². The second kappa shape index (κ2) is 9.85. The van der Waals surface area contributed by atoms with Crippen molar-refractivity contribution in [1.82, 2.24) is 20.0 Å². The van der Waals surface area contributed by atoms with Crippen molar-refractivity contribution in [3.05, 3.63) is 10.6 Å². The highest BCUT2D eigenvalue weighted by Gasteiger charge is 2.49. The van der Waals surface area contributed by atoms with E-state index >= 15 is 0 Å². The van der Waals surface area contributed by atoms with Crippen LogP contribution in [-0.2, 0) is 4.84 Å². The van der Waals surface area contributed by atoms with Gasteiger partial charge in [-0.1, -0.05) is 32.6 Å². The van der Waals surface area contributed by atoms with E-state index < -0.39 is 0 Å². The average molecular weight is 458 g/mol. The minimum absolute atomic E-state index is 0.0636. The van der Waals surface area contributed by atoms with E-state index in [1.165, 1.54) is 32.1 Å². The molecule has 1 saturated carbocycles. The first-order chi connectivity index (χ1) is 14.1. The highest BCUT2D eigenvalue weighted by molar-refractivity contribution is 6.31. The molecular weight excluding hydrogens is 421 g/mol. The second-order valence-electron chi connectivity index (χ2n) is 10.2. The number of nitrogens with zero attached hydrogens (tertiary/aromatic N) is 4. The molecule has 0 bridgehead atoms. The fraction of sp³-hybridized carbons (Fsp3) is 0.864. The summed E-state index contributed by atoms with van der Waals surface area (Å²) in [5.74, 6) is 0.908. The van der Waals surface area contributed by atoms with Crippen molar-refractivity contribution in [3.8, 4) is 0 Å². The van der Waals surface area contributed by atoms with Crippen LogP contribution in [0.15, 0.2) is 0 Å². The van der Waals surface area contributed by atoms with Gasteiger partial charge in [-0.05, 0) is 88.9 Å². The number of halogens is 2. The van der Waals surface area contributed by atoms with Crippen LogP contribution < -0.4 is 5.32 Å². The average Bonchev–Trinajstić information content (AvgIpc) is 2.64. The maximum atomic E-state index is 6.65. The SMILES string of the molecule is CCCC(Nc1nc(Cl)nc(Cl)n1)C1CC(C)(C)N(OC2CCCCC2)C(C)(C)C1. The predicted molar refractivity (Wildman–Crippen MR) is 123 cm³/mol. The van der Waals surface area contributed by atoms with Gasteiger partial charge < -0.3 is 5.32 Å². The molecule has 1 aromatic heterocycles.